The molecule has 1 fully saturated rings. The minimum absolute atomic E-state index is 0.0437. The van der Waals surface area contributed by atoms with Crippen molar-refractivity contribution in [2.75, 3.05) is 0 Å². The molecule has 3 rings (SSSR count). The number of rotatable bonds is 3. The molecule has 25 heavy (non-hydrogen) atoms. The van der Waals surface area contributed by atoms with Crippen molar-refractivity contribution >= 4 is 21.1 Å². The van der Waals surface area contributed by atoms with Crippen molar-refractivity contribution in [2.45, 2.75) is 50.0 Å². The fraction of sp³-hybridized carbons (Fsp3) is 0.529. The highest BCUT2D eigenvalue weighted by molar-refractivity contribution is 7.89. The minimum atomic E-state index is -3.69. The molecule has 1 aliphatic rings. The monoisotopic (exact) mass is 365 g/mol. The van der Waals surface area contributed by atoms with E-state index in [0.29, 0.717) is 16.6 Å². The van der Waals surface area contributed by atoms with Crippen LogP contribution in [0, 0.1) is 6.92 Å². The number of aromatic nitrogens is 2. The normalized spacial score (nSPS) is 16.4. The van der Waals surface area contributed by atoms with Crippen LogP contribution >= 0.6 is 0 Å². The van der Waals surface area contributed by atoms with Gasteiger partial charge in [0, 0.05) is 20.1 Å². The zero-order valence-electron chi connectivity index (χ0n) is 14.7. The Bertz CT molecular complexity index is 1040. The molecule has 1 heterocycles. The number of sulfonamides is 1. The number of nitrogens with zero attached hydrogens (tertiary/aromatic N) is 2. The van der Waals surface area contributed by atoms with E-state index in [1.165, 1.54) is 29.3 Å². The fourth-order valence-corrected chi connectivity index (χ4v) is 5.05. The standard InChI is InChI=1S/C17H23N3O4S/c1-11-9-13-14(20(3)17(22)16(21)19(13)2)10-15(11)25(23,24)18-12-7-5-4-6-8-12/h9-10,12,18H,4-8H2,1-3H3. The van der Waals surface area contributed by atoms with Crippen LogP contribution in [0.25, 0.3) is 11.0 Å². The highest BCUT2D eigenvalue weighted by atomic mass is 32.2. The first-order chi connectivity index (χ1) is 11.7. The largest absolute Gasteiger partial charge is 0.316 e. The van der Waals surface area contributed by atoms with Gasteiger partial charge >= 0.3 is 11.1 Å². The summed E-state index contributed by atoms with van der Waals surface area (Å²) in [4.78, 5) is 24.1. The summed E-state index contributed by atoms with van der Waals surface area (Å²) in [5.74, 6) is 0. The second-order valence-electron chi connectivity index (χ2n) is 6.79. The van der Waals surface area contributed by atoms with E-state index in [1.54, 1.807) is 13.0 Å². The zero-order chi connectivity index (χ0) is 18.4. The van der Waals surface area contributed by atoms with Gasteiger partial charge in [0.05, 0.1) is 15.9 Å². The Morgan fingerprint density at radius 1 is 0.960 bits per heavy atom. The highest BCUT2D eigenvalue weighted by Gasteiger charge is 2.24. The van der Waals surface area contributed by atoms with E-state index in [4.69, 9.17) is 0 Å². The van der Waals surface area contributed by atoms with Gasteiger partial charge in [-0.3, -0.25) is 9.59 Å². The molecule has 0 aliphatic heterocycles. The van der Waals surface area contributed by atoms with Crippen LogP contribution in [0.15, 0.2) is 26.6 Å². The number of hydrogen-bond acceptors (Lipinski definition) is 4. The Morgan fingerprint density at radius 3 is 2.04 bits per heavy atom. The summed E-state index contributed by atoms with van der Waals surface area (Å²) in [6, 6.07) is 3.08. The van der Waals surface area contributed by atoms with E-state index in [1.807, 2.05) is 0 Å². The second kappa shape index (κ2) is 6.42. The third kappa shape index (κ3) is 3.16. The third-order valence-electron chi connectivity index (χ3n) is 5.00. The van der Waals surface area contributed by atoms with E-state index >= 15 is 0 Å². The lowest BCUT2D eigenvalue weighted by Gasteiger charge is -2.23. The van der Waals surface area contributed by atoms with Gasteiger partial charge in [-0.1, -0.05) is 19.3 Å². The van der Waals surface area contributed by atoms with Gasteiger partial charge in [0.1, 0.15) is 0 Å². The van der Waals surface area contributed by atoms with Gasteiger partial charge in [0.25, 0.3) is 0 Å². The third-order valence-corrected chi connectivity index (χ3v) is 6.67. The van der Waals surface area contributed by atoms with Crippen molar-refractivity contribution in [3.8, 4) is 0 Å². The summed E-state index contributed by atoms with van der Waals surface area (Å²) in [6.07, 6.45) is 4.89. The first kappa shape index (κ1) is 17.9. The molecule has 8 heteroatoms. The van der Waals surface area contributed by atoms with Crippen LogP contribution in [0.3, 0.4) is 0 Å². The SMILES string of the molecule is Cc1cc2c(cc1S(=O)(=O)NC1CCCCC1)n(C)c(=O)c(=O)n2C. The van der Waals surface area contributed by atoms with Crippen molar-refractivity contribution in [3.05, 3.63) is 38.4 Å². The van der Waals surface area contributed by atoms with Gasteiger partial charge in [-0.05, 0) is 37.5 Å². The molecule has 2 aromatic rings. The fourth-order valence-electron chi connectivity index (χ4n) is 3.50. The minimum Gasteiger partial charge on any atom is -0.305 e. The predicted molar refractivity (Wildman–Crippen MR) is 96.4 cm³/mol. The predicted octanol–water partition coefficient (Wildman–Crippen LogP) is 1.16. The second-order valence-corrected chi connectivity index (χ2v) is 8.47. The van der Waals surface area contributed by atoms with E-state index in [-0.39, 0.29) is 10.9 Å². The number of hydrogen-bond donors (Lipinski definition) is 1. The van der Waals surface area contributed by atoms with Crippen molar-refractivity contribution < 1.29 is 8.42 Å². The Hall–Kier alpha value is -1.93. The lowest BCUT2D eigenvalue weighted by atomic mass is 9.96. The Balaban J connectivity index is 2.15. The molecular formula is C17H23N3O4S. The number of fused-ring (bicyclic) bond motifs is 1. The number of benzene rings is 1. The van der Waals surface area contributed by atoms with Crippen LogP contribution < -0.4 is 15.8 Å². The molecule has 1 aromatic carbocycles. The Kier molecular flexibility index (Phi) is 4.59. The lowest BCUT2D eigenvalue weighted by Crippen LogP contribution is -2.40. The van der Waals surface area contributed by atoms with Crippen molar-refractivity contribution in [1.82, 2.24) is 13.9 Å². The van der Waals surface area contributed by atoms with Gasteiger partial charge in [-0.15, -0.1) is 0 Å². The van der Waals surface area contributed by atoms with Crippen LogP contribution in [0.5, 0.6) is 0 Å². The van der Waals surface area contributed by atoms with E-state index in [0.717, 1.165) is 32.1 Å². The van der Waals surface area contributed by atoms with Crippen molar-refractivity contribution in [2.24, 2.45) is 14.1 Å². The Labute approximate surface area is 146 Å². The van der Waals surface area contributed by atoms with Gasteiger partial charge in [-0.2, -0.15) is 0 Å². The molecule has 1 saturated carbocycles. The molecule has 0 radical (unpaired) electrons. The van der Waals surface area contributed by atoms with Crippen LogP contribution in [-0.2, 0) is 24.1 Å². The van der Waals surface area contributed by atoms with E-state index in [9.17, 15) is 18.0 Å². The van der Waals surface area contributed by atoms with E-state index < -0.39 is 21.1 Å². The molecule has 0 amide bonds. The summed E-state index contributed by atoms with van der Waals surface area (Å²) in [6.45, 7) is 1.70. The van der Waals surface area contributed by atoms with Crippen LogP contribution in [-0.4, -0.2) is 23.6 Å². The quantitative estimate of drug-likeness (QED) is 0.827. The van der Waals surface area contributed by atoms with E-state index in [2.05, 4.69) is 4.72 Å². The van der Waals surface area contributed by atoms with Gasteiger partial charge < -0.3 is 9.13 Å². The molecule has 1 aliphatic carbocycles. The van der Waals surface area contributed by atoms with Crippen molar-refractivity contribution in [1.29, 1.82) is 0 Å². The molecular weight excluding hydrogens is 342 g/mol. The van der Waals surface area contributed by atoms with Gasteiger partial charge in [-0.25, -0.2) is 13.1 Å². The first-order valence-electron chi connectivity index (χ1n) is 8.45. The molecule has 0 spiro atoms. The summed E-state index contributed by atoms with van der Waals surface area (Å²) >= 11 is 0. The molecule has 0 saturated heterocycles. The Morgan fingerprint density at radius 2 is 1.48 bits per heavy atom. The number of aryl methyl sites for hydroxylation is 3. The number of nitrogens with one attached hydrogen (secondary N) is 1. The maximum atomic E-state index is 12.8. The summed E-state index contributed by atoms with van der Waals surface area (Å²) in [5.41, 5.74) is 0.181. The smallest absolute Gasteiger partial charge is 0.305 e. The molecule has 1 aromatic heterocycles. The van der Waals surface area contributed by atoms with Gasteiger partial charge in [0.2, 0.25) is 10.0 Å². The van der Waals surface area contributed by atoms with Crippen LogP contribution in [0.4, 0.5) is 0 Å². The van der Waals surface area contributed by atoms with Gasteiger partial charge in [0.15, 0.2) is 0 Å². The van der Waals surface area contributed by atoms with Crippen molar-refractivity contribution in [3.63, 3.8) is 0 Å². The average molecular weight is 365 g/mol. The molecule has 1 N–H and O–H groups in total. The van der Waals surface area contributed by atoms with Crippen LogP contribution in [0.2, 0.25) is 0 Å². The zero-order valence-corrected chi connectivity index (χ0v) is 15.5. The molecule has 0 atom stereocenters. The molecule has 136 valence electrons. The average Bonchev–Trinajstić information content (AvgIpc) is 2.58. The van der Waals surface area contributed by atoms with Crippen LogP contribution in [0.1, 0.15) is 37.7 Å². The maximum absolute atomic E-state index is 12.8. The molecule has 0 unspecified atom stereocenters. The molecule has 7 nitrogen and oxygen atoms in total. The first-order valence-corrected chi connectivity index (χ1v) is 9.93. The lowest BCUT2D eigenvalue weighted by molar-refractivity contribution is 0.412. The highest BCUT2D eigenvalue weighted by Crippen LogP contribution is 2.24. The summed E-state index contributed by atoms with van der Waals surface area (Å²) in [7, 11) is -0.695. The maximum Gasteiger partial charge on any atom is 0.316 e. The summed E-state index contributed by atoms with van der Waals surface area (Å²) < 4.78 is 31.0. The molecule has 0 bridgehead atoms. The summed E-state index contributed by atoms with van der Waals surface area (Å²) in [5, 5.41) is 0. The topological polar surface area (TPSA) is 90.2 Å².